The highest BCUT2D eigenvalue weighted by Gasteiger charge is 2.14. The van der Waals surface area contributed by atoms with E-state index in [9.17, 15) is 0 Å². The van der Waals surface area contributed by atoms with E-state index < -0.39 is 0 Å². The second-order valence-corrected chi connectivity index (χ2v) is 5.10. The van der Waals surface area contributed by atoms with Crippen LogP contribution in [-0.2, 0) is 0 Å². The molecule has 0 aliphatic carbocycles. The number of methoxy groups -OCH3 is 1. The number of nitrogens with zero attached hydrogens (tertiary/aromatic N) is 1. The zero-order chi connectivity index (χ0) is 12.8. The van der Waals surface area contributed by atoms with Gasteiger partial charge in [0.05, 0.1) is 7.11 Å². The van der Waals surface area contributed by atoms with Crippen molar-refractivity contribution in [1.29, 1.82) is 0 Å². The lowest BCUT2D eigenvalue weighted by Crippen LogP contribution is -2.32. The van der Waals surface area contributed by atoms with E-state index in [0.717, 1.165) is 12.3 Å². The Kier molecular flexibility index (Phi) is 5.02. The summed E-state index contributed by atoms with van der Waals surface area (Å²) in [6, 6.07) is 8.18. The van der Waals surface area contributed by atoms with Crippen LogP contribution in [0.5, 0.6) is 5.75 Å². The third kappa shape index (κ3) is 3.72. The molecule has 2 N–H and O–H groups in total. The van der Waals surface area contributed by atoms with Gasteiger partial charge in [-0.3, -0.25) is 0 Å². The van der Waals surface area contributed by atoms with Crippen LogP contribution in [0.2, 0.25) is 0 Å². The highest BCUT2D eigenvalue weighted by atomic mass is 16.5. The molecule has 18 heavy (non-hydrogen) atoms. The van der Waals surface area contributed by atoms with Gasteiger partial charge in [0.1, 0.15) is 5.75 Å². The normalized spacial score (nSPS) is 19.2. The van der Waals surface area contributed by atoms with Gasteiger partial charge in [0.2, 0.25) is 0 Å². The van der Waals surface area contributed by atoms with E-state index in [2.05, 4.69) is 11.0 Å². The molecular weight excluding hydrogens is 224 g/mol. The molecule has 1 unspecified atom stereocenters. The summed E-state index contributed by atoms with van der Waals surface area (Å²) in [5, 5.41) is 0. The largest absolute Gasteiger partial charge is 0.497 e. The van der Waals surface area contributed by atoms with E-state index in [-0.39, 0.29) is 6.04 Å². The predicted molar refractivity (Wildman–Crippen MR) is 74.8 cm³/mol. The summed E-state index contributed by atoms with van der Waals surface area (Å²) in [7, 11) is 1.69. The fourth-order valence-corrected chi connectivity index (χ4v) is 2.57. The van der Waals surface area contributed by atoms with Crippen molar-refractivity contribution in [3.8, 4) is 5.75 Å². The van der Waals surface area contributed by atoms with E-state index >= 15 is 0 Å². The van der Waals surface area contributed by atoms with Crippen LogP contribution in [0.3, 0.4) is 0 Å². The third-order valence-electron chi connectivity index (χ3n) is 3.68. The van der Waals surface area contributed by atoms with Crippen LogP contribution in [0.15, 0.2) is 24.3 Å². The van der Waals surface area contributed by atoms with Crippen LogP contribution < -0.4 is 10.5 Å². The standard InChI is InChI=1S/C15H24N2O/c1-18-14-8-6-7-13(11-14)15(16)12-17-9-4-2-3-5-10-17/h6-8,11,15H,2-5,9-10,12,16H2,1H3. The maximum Gasteiger partial charge on any atom is 0.119 e. The lowest BCUT2D eigenvalue weighted by molar-refractivity contribution is 0.267. The maximum atomic E-state index is 6.30. The van der Waals surface area contributed by atoms with Gasteiger partial charge in [0, 0.05) is 12.6 Å². The summed E-state index contributed by atoms with van der Waals surface area (Å²) in [6.07, 6.45) is 5.35. The summed E-state index contributed by atoms with van der Waals surface area (Å²) < 4.78 is 5.25. The number of likely N-dealkylation sites (tertiary alicyclic amines) is 1. The van der Waals surface area contributed by atoms with E-state index in [4.69, 9.17) is 10.5 Å². The molecule has 0 aromatic heterocycles. The molecule has 0 spiro atoms. The third-order valence-corrected chi connectivity index (χ3v) is 3.68. The quantitative estimate of drug-likeness (QED) is 0.890. The van der Waals surface area contributed by atoms with E-state index in [1.807, 2.05) is 18.2 Å². The minimum atomic E-state index is 0.0817. The Hall–Kier alpha value is -1.06. The Labute approximate surface area is 110 Å². The Morgan fingerprint density at radius 1 is 1.22 bits per heavy atom. The van der Waals surface area contributed by atoms with E-state index in [0.29, 0.717) is 0 Å². The van der Waals surface area contributed by atoms with Crippen molar-refractivity contribution in [2.45, 2.75) is 31.7 Å². The number of nitrogens with two attached hydrogens (primary N) is 1. The Morgan fingerprint density at radius 2 is 1.94 bits per heavy atom. The van der Waals surface area contributed by atoms with Crippen LogP contribution in [0.25, 0.3) is 0 Å². The van der Waals surface area contributed by atoms with Crippen molar-refractivity contribution in [3.63, 3.8) is 0 Å². The van der Waals surface area contributed by atoms with Gasteiger partial charge < -0.3 is 15.4 Å². The molecule has 1 saturated heterocycles. The minimum Gasteiger partial charge on any atom is -0.497 e. The molecule has 1 aromatic carbocycles. The Morgan fingerprint density at radius 3 is 2.61 bits per heavy atom. The van der Waals surface area contributed by atoms with Crippen molar-refractivity contribution in [3.05, 3.63) is 29.8 Å². The van der Waals surface area contributed by atoms with Crippen molar-refractivity contribution in [1.82, 2.24) is 4.90 Å². The molecular formula is C15H24N2O. The fourth-order valence-electron chi connectivity index (χ4n) is 2.57. The molecule has 0 saturated carbocycles. The lowest BCUT2D eigenvalue weighted by Gasteiger charge is -2.24. The van der Waals surface area contributed by atoms with Crippen LogP contribution in [0.4, 0.5) is 0 Å². The zero-order valence-corrected chi connectivity index (χ0v) is 11.3. The molecule has 0 bridgehead atoms. The van der Waals surface area contributed by atoms with Crippen LogP contribution in [-0.4, -0.2) is 31.6 Å². The fraction of sp³-hybridized carbons (Fsp3) is 0.600. The molecule has 0 amide bonds. The lowest BCUT2D eigenvalue weighted by atomic mass is 10.1. The van der Waals surface area contributed by atoms with Gasteiger partial charge in [-0.1, -0.05) is 25.0 Å². The molecule has 1 aromatic rings. The molecule has 1 aliphatic heterocycles. The first-order chi connectivity index (χ1) is 8.79. The molecule has 3 heteroatoms. The second-order valence-electron chi connectivity index (χ2n) is 5.10. The van der Waals surface area contributed by atoms with Crippen molar-refractivity contribution >= 4 is 0 Å². The summed E-state index contributed by atoms with van der Waals surface area (Å²) in [5.74, 6) is 0.888. The SMILES string of the molecule is COc1cccc(C(N)CN2CCCCCC2)c1. The van der Waals surface area contributed by atoms with Gasteiger partial charge in [-0.2, -0.15) is 0 Å². The van der Waals surface area contributed by atoms with E-state index in [1.165, 1.54) is 44.3 Å². The molecule has 3 nitrogen and oxygen atoms in total. The molecule has 100 valence electrons. The number of hydrogen-bond donors (Lipinski definition) is 1. The molecule has 1 aliphatic rings. The minimum absolute atomic E-state index is 0.0817. The first-order valence-corrected chi connectivity index (χ1v) is 6.91. The number of benzene rings is 1. The van der Waals surface area contributed by atoms with Crippen LogP contribution in [0, 0.1) is 0 Å². The van der Waals surface area contributed by atoms with E-state index in [1.54, 1.807) is 7.11 Å². The van der Waals surface area contributed by atoms with Crippen molar-refractivity contribution in [2.24, 2.45) is 5.73 Å². The molecule has 1 fully saturated rings. The topological polar surface area (TPSA) is 38.5 Å². The molecule has 1 atom stereocenters. The molecule has 1 heterocycles. The summed E-state index contributed by atoms with van der Waals surface area (Å²) >= 11 is 0. The maximum absolute atomic E-state index is 6.30. The summed E-state index contributed by atoms with van der Waals surface area (Å²) in [5.41, 5.74) is 7.47. The Balaban J connectivity index is 1.95. The second kappa shape index (κ2) is 6.76. The number of ether oxygens (including phenoxy) is 1. The van der Waals surface area contributed by atoms with Crippen LogP contribution in [0.1, 0.15) is 37.3 Å². The van der Waals surface area contributed by atoms with Gasteiger partial charge >= 0.3 is 0 Å². The summed E-state index contributed by atoms with van der Waals surface area (Å²) in [6.45, 7) is 3.34. The first-order valence-electron chi connectivity index (χ1n) is 6.91. The van der Waals surface area contributed by atoms with Gasteiger partial charge in [-0.25, -0.2) is 0 Å². The summed E-state index contributed by atoms with van der Waals surface area (Å²) in [4.78, 5) is 2.50. The van der Waals surface area contributed by atoms with Gasteiger partial charge in [0.15, 0.2) is 0 Å². The number of rotatable bonds is 4. The average Bonchev–Trinajstić information content (AvgIpc) is 2.67. The van der Waals surface area contributed by atoms with Crippen LogP contribution >= 0.6 is 0 Å². The highest BCUT2D eigenvalue weighted by Crippen LogP contribution is 2.19. The van der Waals surface area contributed by atoms with Gasteiger partial charge in [0.25, 0.3) is 0 Å². The smallest absolute Gasteiger partial charge is 0.119 e. The zero-order valence-electron chi connectivity index (χ0n) is 11.3. The van der Waals surface area contributed by atoms with Gasteiger partial charge in [-0.15, -0.1) is 0 Å². The monoisotopic (exact) mass is 248 g/mol. The predicted octanol–water partition coefficient (Wildman–Crippen LogP) is 2.57. The highest BCUT2D eigenvalue weighted by molar-refractivity contribution is 5.30. The molecule has 2 rings (SSSR count). The number of hydrogen-bond acceptors (Lipinski definition) is 3. The van der Waals surface area contributed by atoms with Gasteiger partial charge in [-0.05, 0) is 43.6 Å². The van der Waals surface area contributed by atoms with Crippen molar-refractivity contribution in [2.75, 3.05) is 26.7 Å². The first kappa shape index (κ1) is 13.4. The van der Waals surface area contributed by atoms with Crippen molar-refractivity contribution < 1.29 is 4.74 Å². The average molecular weight is 248 g/mol. The Bertz CT molecular complexity index is 359. The molecule has 0 radical (unpaired) electrons.